The van der Waals surface area contributed by atoms with Crippen LogP contribution in [0.1, 0.15) is 11.3 Å². The maximum Gasteiger partial charge on any atom is 0.321 e. The Morgan fingerprint density at radius 3 is 2.92 bits per heavy atom. The molecule has 0 bridgehead atoms. The Balaban J connectivity index is 2.33. The second kappa shape index (κ2) is 2.74. The first-order chi connectivity index (χ1) is 6.18. The quantitative estimate of drug-likeness (QED) is 0.439. The molecule has 2 rings (SSSR count). The molecule has 0 aromatic carbocycles. The Morgan fingerprint density at radius 1 is 1.46 bits per heavy atom. The minimum atomic E-state index is -0.925. The lowest BCUT2D eigenvalue weighted by Gasteiger charge is -2.18. The Bertz CT molecular complexity index is 392. The third-order valence-corrected chi connectivity index (χ3v) is 2.20. The third kappa shape index (κ3) is 1.25. The van der Waals surface area contributed by atoms with Crippen molar-refractivity contribution in [2.45, 2.75) is 19.0 Å². The van der Waals surface area contributed by atoms with Crippen LogP contribution in [-0.4, -0.2) is 27.3 Å². The molecule has 0 amide bonds. The van der Waals surface area contributed by atoms with E-state index in [1.165, 1.54) is 0 Å². The van der Waals surface area contributed by atoms with Crippen LogP contribution >= 0.6 is 0 Å². The van der Waals surface area contributed by atoms with Gasteiger partial charge in [-0.1, -0.05) is 0 Å². The van der Waals surface area contributed by atoms with Crippen molar-refractivity contribution in [1.29, 1.82) is 0 Å². The fourth-order valence-electron chi connectivity index (χ4n) is 1.46. The number of nitrogens with one attached hydrogen (secondary N) is 3. The van der Waals surface area contributed by atoms with Gasteiger partial charge in [0.05, 0.1) is 5.69 Å². The first-order valence-electron chi connectivity index (χ1n) is 3.93. The highest BCUT2D eigenvalue weighted by molar-refractivity contribution is 5.74. The summed E-state index contributed by atoms with van der Waals surface area (Å²) in [7, 11) is 0. The first kappa shape index (κ1) is 8.06. The summed E-state index contributed by atoms with van der Waals surface area (Å²) in [5.41, 5.74) is 1.08. The van der Waals surface area contributed by atoms with Crippen molar-refractivity contribution in [2.24, 2.45) is 0 Å². The predicted octanol–water partition coefficient (Wildman–Crippen LogP) is -1.20. The zero-order valence-corrected chi connectivity index (χ0v) is 6.76. The summed E-state index contributed by atoms with van der Waals surface area (Å²) in [6.07, 6.45) is 0.240. The third-order valence-electron chi connectivity index (χ3n) is 2.20. The summed E-state index contributed by atoms with van der Waals surface area (Å²) in [5, 5.41) is 16.6. The van der Waals surface area contributed by atoms with Gasteiger partial charge in [-0.25, -0.2) is 0 Å². The van der Waals surface area contributed by atoms with Crippen LogP contribution in [0.15, 0.2) is 4.79 Å². The highest BCUT2D eigenvalue weighted by Crippen LogP contribution is 2.09. The molecule has 70 valence electrons. The summed E-state index contributed by atoms with van der Waals surface area (Å²) in [6.45, 7) is 0.394. The second-order valence-corrected chi connectivity index (χ2v) is 3.01. The smallest absolute Gasteiger partial charge is 0.321 e. The minimum Gasteiger partial charge on any atom is -0.480 e. The maximum absolute atomic E-state index is 11.1. The van der Waals surface area contributed by atoms with Crippen molar-refractivity contribution < 1.29 is 9.90 Å². The van der Waals surface area contributed by atoms with Gasteiger partial charge >= 0.3 is 5.97 Å². The number of rotatable bonds is 1. The largest absolute Gasteiger partial charge is 0.480 e. The molecule has 1 aliphatic rings. The average Bonchev–Trinajstić information content (AvgIpc) is 2.47. The standard InChI is InChI=1S/C7H9N3O3/c11-6-3-1-4(7(12)13)8-2-5(3)9-10-6/h4,8H,1-2H2,(H,12,13)(H2,9,10,11)/t4-/m1/s1. The van der Waals surface area contributed by atoms with Crippen LogP contribution in [0.5, 0.6) is 0 Å². The molecule has 0 aliphatic carbocycles. The van der Waals surface area contributed by atoms with Gasteiger partial charge in [-0.15, -0.1) is 0 Å². The van der Waals surface area contributed by atoms with Gasteiger partial charge < -0.3 is 10.2 Å². The molecule has 2 heterocycles. The van der Waals surface area contributed by atoms with Crippen molar-refractivity contribution >= 4 is 5.97 Å². The van der Waals surface area contributed by atoms with Crippen LogP contribution in [0, 0.1) is 0 Å². The molecule has 0 spiro atoms. The molecule has 1 aromatic heterocycles. The summed E-state index contributed by atoms with van der Waals surface area (Å²) >= 11 is 0. The van der Waals surface area contributed by atoms with E-state index in [-0.39, 0.29) is 12.0 Å². The van der Waals surface area contributed by atoms with E-state index < -0.39 is 12.0 Å². The van der Waals surface area contributed by atoms with Gasteiger partial charge in [0.25, 0.3) is 5.56 Å². The molecule has 1 aromatic rings. The normalized spacial score (nSPS) is 21.1. The van der Waals surface area contributed by atoms with Crippen molar-refractivity contribution in [2.75, 3.05) is 0 Å². The summed E-state index contributed by atoms with van der Waals surface area (Å²) in [6, 6.07) is -0.649. The molecular weight excluding hydrogens is 174 g/mol. The number of carboxylic acids is 1. The van der Waals surface area contributed by atoms with Crippen molar-refractivity contribution in [3.05, 3.63) is 21.6 Å². The Morgan fingerprint density at radius 2 is 2.23 bits per heavy atom. The Hall–Kier alpha value is -1.56. The molecule has 0 fully saturated rings. The van der Waals surface area contributed by atoms with Gasteiger partial charge in [0.15, 0.2) is 0 Å². The minimum absolute atomic E-state index is 0.220. The zero-order chi connectivity index (χ0) is 9.42. The van der Waals surface area contributed by atoms with E-state index in [9.17, 15) is 9.59 Å². The lowest BCUT2D eigenvalue weighted by Crippen LogP contribution is -2.42. The van der Waals surface area contributed by atoms with Crippen LogP contribution in [0.2, 0.25) is 0 Å². The fraction of sp³-hybridized carbons (Fsp3) is 0.429. The number of H-pyrrole nitrogens is 2. The number of carboxylic acid groups (broad SMARTS) is 1. The van der Waals surface area contributed by atoms with E-state index in [4.69, 9.17) is 5.11 Å². The van der Waals surface area contributed by atoms with Crippen LogP contribution < -0.4 is 10.9 Å². The van der Waals surface area contributed by atoms with Crippen LogP contribution in [0.3, 0.4) is 0 Å². The molecule has 4 N–H and O–H groups in total. The van der Waals surface area contributed by atoms with E-state index in [0.29, 0.717) is 12.1 Å². The molecule has 13 heavy (non-hydrogen) atoms. The molecule has 0 saturated heterocycles. The highest BCUT2D eigenvalue weighted by atomic mass is 16.4. The van der Waals surface area contributed by atoms with Crippen LogP contribution in [0.25, 0.3) is 0 Å². The number of aromatic nitrogens is 2. The van der Waals surface area contributed by atoms with E-state index >= 15 is 0 Å². The predicted molar refractivity (Wildman–Crippen MR) is 43.4 cm³/mol. The molecule has 0 radical (unpaired) electrons. The van der Waals surface area contributed by atoms with Gasteiger partial charge in [0.1, 0.15) is 6.04 Å². The highest BCUT2D eigenvalue weighted by Gasteiger charge is 2.26. The van der Waals surface area contributed by atoms with Gasteiger partial charge in [-0.2, -0.15) is 0 Å². The number of fused-ring (bicyclic) bond motifs is 1. The van der Waals surface area contributed by atoms with Crippen molar-refractivity contribution in [1.82, 2.24) is 15.5 Å². The number of carbonyl (C=O) groups is 1. The second-order valence-electron chi connectivity index (χ2n) is 3.01. The van der Waals surface area contributed by atoms with Crippen LogP contribution in [0.4, 0.5) is 0 Å². The molecular formula is C7H9N3O3. The summed E-state index contributed by atoms with van der Waals surface area (Å²) in [4.78, 5) is 21.7. The fourth-order valence-corrected chi connectivity index (χ4v) is 1.46. The number of aliphatic carboxylic acids is 1. The van der Waals surface area contributed by atoms with Gasteiger partial charge in [-0.3, -0.25) is 20.0 Å². The monoisotopic (exact) mass is 183 g/mol. The van der Waals surface area contributed by atoms with Crippen molar-refractivity contribution in [3.63, 3.8) is 0 Å². The average molecular weight is 183 g/mol. The SMILES string of the molecule is O=C(O)[C@H]1Cc2c([nH][nH]c2=O)CN1. The van der Waals surface area contributed by atoms with Crippen molar-refractivity contribution in [3.8, 4) is 0 Å². The van der Waals surface area contributed by atoms with E-state index in [0.717, 1.165) is 5.69 Å². The molecule has 1 atom stereocenters. The van der Waals surface area contributed by atoms with E-state index in [2.05, 4.69) is 15.5 Å². The summed E-state index contributed by atoms with van der Waals surface area (Å²) in [5.74, 6) is -0.925. The van der Waals surface area contributed by atoms with Crippen LogP contribution in [-0.2, 0) is 17.8 Å². The molecule has 0 saturated carbocycles. The van der Waals surface area contributed by atoms with Gasteiger partial charge in [-0.05, 0) is 0 Å². The molecule has 6 heteroatoms. The lowest BCUT2D eigenvalue weighted by molar-refractivity contribution is -0.139. The summed E-state index contributed by atoms with van der Waals surface area (Å²) < 4.78 is 0. The Labute approximate surface area is 72.9 Å². The lowest BCUT2D eigenvalue weighted by atomic mass is 10.0. The Kier molecular flexibility index (Phi) is 1.70. The molecule has 1 aliphatic heterocycles. The van der Waals surface area contributed by atoms with Gasteiger partial charge in [0.2, 0.25) is 0 Å². The number of aromatic amines is 2. The topological polar surface area (TPSA) is 98.0 Å². The maximum atomic E-state index is 11.1. The molecule has 6 nitrogen and oxygen atoms in total. The van der Waals surface area contributed by atoms with E-state index in [1.807, 2.05) is 0 Å². The number of hydrogen-bond acceptors (Lipinski definition) is 3. The van der Waals surface area contributed by atoms with E-state index in [1.54, 1.807) is 0 Å². The number of hydrogen-bond donors (Lipinski definition) is 4. The van der Waals surface area contributed by atoms with Gasteiger partial charge in [0, 0.05) is 18.5 Å². The zero-order valence-electron chi connectivity index (χ0n) is 6.76. The first-order valence-corrected chi connectivity index (χ1v) is 3.93. The molecule has 0 unspecified atom stereocenters.